The fourth-order valence-corrected chi connectivity index (χ4v) is 2.69. The Kier molecular flexibility index (Phi) is 3.67. The second kappa shape index (κ2) is 5.12. The maximum absolute atomic E-state index is 12.1. The topological polar surface area (TPSA) is 106 Å². The van der Waals surface area contributed by atoms with Gasteiger partial charge in [0.25, 0.3) is 0 Å². The van der Waals surface area contributed by atoms with Crippen molar-refractivity contribution in [3.63, 3.8) is 0 Å². The Morgan fingerprint density at radius 3 is 2.80 bits per heavy atom. The predicted molar refractivity (Wildman–Crippen MR) is 73.8 cm³/mol. The van der Waals surface area contributed by atoms with Crippen molar-refractivity contribution in [2.45, 2.75) is 12.1 Å². The van der Waals surface area contributed by atoms with Crippen molar-refractivity contribution < 1.29 is 17.6 Å². The van der Waals surface area contributed by atoms with Crippen LogP contribution in [0.25, 0.3) is 11.1 Å². The van der Waals surface area contributed by atoms with Gasteiger partial charge in [0.2, 0.25) is 15.7 Å². The summed E-state index contributed by atoms with van der Waals surface area (Å²) in [6.07, 6.45) is 0. The van der Waals surface area contributed by atoms with Gasteiger partial charge in [-0.3, -0.25) is 4.79 Å². The molecule has 20 heavy (non-hydrogen) atoms. The zero-order valence-corrected chi connectivity index (χ0v) is 12.0. The van der Waals surface area contributed by atoms with Gasteiger partial charge in [-0.2, -0.15) is 4.98 Å². The molecule has 1 aromatic carbocycles. The van der Waals surface area contributed by atoms with Crippen LogP contribution < -0.4 is 5.73 Å². The lowest BCUT2D eigenvalue weighted by Crippen LogP contribution is -2.32. The first-order valence-corrected chi connectivity index (χ1v) is 7.61. The molecule has 0 bridgehead atoms. The third kappa shape index (κ3) is 2.74. The molecule has 0 aliphatic rings. The molecule has 0 aliphatic carbocycles. The number of nitrogens with two attached hydrogens (primary N) is 1. The molecular weight excluding hydrogens is 282 g/mol. The third-order valence-electron chi connectivity index (χ3n) is 2.87. The molecule has 0 aliphatic heterocycles. The zero-order chi connectivity index (χ0) is 14.9. The van der Waals surface area contributed by atoms with E-state index in [0.29, 0.717) is 17.7 Å². The van der Waals surface area contributed by atoms with Crippen LogP contribution in [0.3, 0.4) is 0 Å². The zero-order valence-electron chi connectivity index (χ0n) is 11.2. The second-order valence-corrected chi connectivity index (χ2v) is 6.24. The lowest BCUT2D eigenvalue weighted by atomic mass is 10.3. The molecule has 0 radical (unpaired) electrons. The first-order chi connectivity index (χ1) is 9.33. The summed E-state index contributed by atoms with van der Waals surface area (Å²) in [7, 11) is -2.37. The number of carbonyl (C=O) groups excluding carboxylic acids is 1. The highest BCUT2D eigenvalue weighted by Gasteiger charge is 2.26. The number of fused-ring (bicyclic) bond motifs is 1. The van der Waals surface area contributed by atoms with Crippen LogP contribution in [0.5, 0.6) is 0 Å². The summed E-state index contributed by atoms with van der Waals surface area (Å²) < 4.78 is 29.3. The van der Waals surface area contributed by atoms with Gasteiger partial charge < -0.3 is 15.1 Å². The van der Waals surface area contributed by atoms with Crippen LogP contribution in [0.2, 0.25) is 0 Å². The fourth-order valence-electron chi connectivity index (χ4n) is 1.56. The van der Waals surface area contributed by atoms with Crippen LogP contribution in [0.4, 0.5) is 5.69 Å². The Balaban J connectivity index is 2.34. The van der Waals surface area contributed by atoms with Crippen molar-refractivity contribution in [2.24, 2.45) is 0 Å². The largest absolute Gasteiger partial charge is 0.428 e. The number of anilines is 1. The molecule has 1 aromatic heterocycles. The molecule has 0 saturated heterocycles. The van der Waals surface area contributed by atoms with E-state index in [-0.39, 0.29) is 5.58 Å². The van der Waals surface area contributed by atoms with Gasteiger partial charge in [-0.15, -0.1) is 0 Å². The maximum Gasteiger partial charge on any atom is 0.316 e. The van der Waals surface area contributed by atoms with Crippen LogP contribution in [0.1, 0.15) is 6.92 Å². The molecular formula is C12H15N3O4S. The number of rotatable bonds is 4. The molecule has 0 saturated carbocycles. The van der Waals surface area contributed by atoms with E-state index in [1.165, 1.54) is 18.0 Å². The Morgan fingerprint density at radius 2 is 2.15 bits per heavy atom. The Morgan fingerprint density at radius 1 is 1.45 bits per heavy atom. The molecule has 1 heterocycles. The van der Waals surface area contributed by atoms with E-state index in [9.17, 15) is 13.2 Å². The van der Waals surface area contributed by atoms with Gasteiger partial charge in [-0.05, 0) is 19.1 Å². The summed E-state index contributed by atoms with van der Waals surface area (Å²) in [4.78, 5) is 16.9. The minimum absolute atomic E-state index is 0.278. The van der Waals surface area contributed by atoms with Gasteiger partial charge in [-0.1, -0.05) is 0 Å². The van der Waals surface area contributed by atoms with Crippen LogP contribution >= 0.6 is 0 Å². The Labute approximate surface area is 116 Å². The van der Waals surface area contributed by atoms with Gasteiger partial charge >= 0.3 is 5.22 Å². The van der Waals surface area contributed by atoms with Crippen LogP contribution in [0.15, 0.2) is 27.8 Å². The summed E-state index contributed by atoms with van der Waals surface area (Å²) in [5.74, 6) is -1.17. The smallest absolute Gasteiger partial charge is 0.316 e. The molecule has 7 nitrogen and oxygen atoms in total. The van der Waals surface area contributed by atoms with Crippen molar-refractivity contribution in [1.29, 1.82) is 0 Å². The van der Waals surface area contributed by atoms with Crippen LogP contribution in [0, 0.1) is 0 Å². The number of oxazole rings is 1. The third-order valence-corrected chi connectivity index (χ3v) is 4.21. The SMILES string of the molecule is CCN(C)C(=O)CS(=O)(=O)c1nc2ccc(N)cc2o1. The maximum atomic E-state index is 12.1. The number of hydrogen-bond donors (Lipinski definition) is 1. The van der Waals surface area contributed by atoms with Crippen molar-refractivity contribution in [2.75, 3.05) is 25.1 Å². The molecule has 0 fully saturated rings. The first kappa shape index (κ1) is 14.3. The van der Waals surface area contributed by atoms with Crippen LogP contribution in [-0.4, -0.2) is 43.6 Å². The van der Waals surface area contributed by atoms with Crippen molar-refractivity contribution in [1.82, 2.24) is 9.88 Å². The number of amides is 1. The summed E-state index contributed by atoms with van der Waals surface area (Å²) >= 11 is 0. The molecule has 108 valence electrons. The number of nitrogen functional groups attached to an aromatic ring is 1. The van der Waals surface area contributed by atoms with E-state index in [4.69, 9.17) is 10.2 Å². The molecule has 0 atom stereocenters. The standard InChI is InChI=1S/C12H15N3O4S/c1-3-15(2)11(16)7-20(17,18)12-14-9-5-4-8(13)6-10(9)19-12/h4-6H,3,7,13H2,1-2H3. The molecule has 2 rings (SSSR count). The summed E-state index contributed by atoms with van der Waals surface area (Å²) in [6.45, 7) is 2.19. The summed E-state index contributed by atoms with van der Waals surface area (Å²) in [6, 6.07) is 4.64. The number of sulfone groups is 1. The first-order valence-electron chi connectivity index (χ1n) is 5.96. The van der Waals surface area contributed by atoms with Crippen molar-refractivity contribution in [3.05, 3.63) is 18.2 Å². The van der Waals surface area contributed by atoms with E-state index in [1.807, 2.05) is 0 Å². The van der Waals surface area contributed by atoms with Gasteiger partial charge in [0.1, 0.15) is 11.3 Å². The fraction of sp³-hybridized carbons (Fsp3) is 0.333. The van der Waals surface area contributed by atoms with Gasteiger partial charge in [0, 0.05) is 25.3 Å². The lowest BCUT2D eigenvalue weighted by Gasteiger charge is -2.13. The summed E-state index contributed by atoms with van der Waals surface area (Å²) in [5, 5.41) is -0.462. The minimum atomic E-state index is -3.90. The number of aromatic nitrogens is 1. The molecule has 0 spiro atoms. The lowest BCUT2D eigenvalue weighted by molar-refractivity contribution is -0.126. The number of hydrogen-bond acceptors (Lipinski definition) is 6. The van der Waals surface area contributed by atoms with E-state index in [0.717, 1.165) is 0 Å². The van der Waals surface area contributed by atoms with Gasteiger partial charge in [0.05, 0.1) is 0 Å². The molecule has 2 aromatic rings. The Hall–Kier alpha value is -2.09. The highest BCUT2D eigenvalue weighted by Crippen LogP contribution is 2.21. The number of carbonyl (C=O) groups is 1. The monoisotopic (exact) mass is 297 g/mol. The van der Waals surface area contributed by atoms with Crippen molar-refractivity contribution >= 4 is 32.5 Å². The normalized spacial score (nSPS) is 11.7. The molecule has 0 unspecified atom stereocenters. The number of benzene rings is 1. The predicted octanol–water partition coefficient (Wildman–Crippen LogP) is 0.662. The Bertz CT molecular complexity index is 751. The molecule has 1 amide bonds. The highest BCUT2D eigenvalue weighted by molar-refractivity contribution is 7.91. The van der Waals surface area contributed by atoms with E-state index < -0.39 is 26.7 Å². The highest BCUT2D eigenvalue weighted by atomic mass is 32.2. The van der Waals surface area contributed by atoms with Gasteiger partial charge in [0.15, 0.2) is 5.58 Å². The quantitative estimate of drug-likeness (QED) is 0.831. The van der Waals surface area contributed by atoms with E-state index in [1.54, 1.807) is 19.1 Å². The van der Waals surface area contributed by atoms with E-state index in [2.05, 4.69) is 4.98 Å². The molecule has 2 N–H and O–H groups in total. The van der Waals surface area contributed by atoms with E-state index >= 15 is 0 Å². The summed E-state index contributed by atoms with van der Waals surface area (Å²) in [5.41, 5.74) is 6.69. The van der Waals surface area contributed by atoms with Gasteiger partial charge in [-0.25, -0.2) is 8.42 Å². The van der Waals surface area contributed by atoms with Crippen molar-refractivity contribution in [3.8, 4) is 0 Å². The second-order valence-electron chi connectivity index (χ2n) is 4.37. The average molecular weight is 297 g/mol. The minimum Gasteiger partial charge on any atom is -0.428 e. The molecule has 8 heteroatoms. The number of nitrogens with zero attached hydrogens (tertiary/aromatic N) is 2. The van der Waals surface area contributed by atoms with Crippen LogP contribution in [-0.2, 0) is 14.6 Å². The average Bonchev–Trinajstić information content (AvgIpc) is 2.80.